The maximum Gasteiger partial charge on any atom is 0.241 e. The van der Waals surface area contributed by atoms with Gasteiger partial charge >= 0.3 is 0 Å². The van der Waals surface area contributed by atoms with E-state index in [1.165, 1.54) is 0 Å². The monoisotopic (exact) mass is 307 g/mol. The molecule has 0 radical (unpaired) electrons. The molecule has 1 atom stereocenters. The number of benzene rings is 1. The minimum Gasteiger partial charge on any atom is -0.384 e. The zero-order valence-corrected chi connectivity index (χ0v) is 13.4. The van der Waals surface area contributed by atoms with Crippen molar-refractivity contribution in [3.63, 3.8) is 0 Å². The van der Waals surface area contributed by atoms with Gasteiger partial charge in [-0.05, 0) is 42.4 Å². The van der Waals surface area contributed by atoms with E-state index in [4.69, 9.17) is 5.11 Å². The summed E-state index contributed by atoms with van der Waals surface area (Å²) in [6.45, 7) is 6.31. The number of sulfonamides is 1. The summed E-state index contributed by atoms with van der Waals surface area (Å²) in [5, 5.41) is 8.79. The van der Waals surface area contributed by atoms with Crippen LogP contribution >= 0.6 is 0 Å². The quantitative estimate of drug-likeness (QED) is 0.832. The average Bonchev–Trinajstić information content (AvgIpc) is 3.01. The normalized spacial score (nSPS) is 19.7. The molecule has 4 nitrogen and oxygen atoms in total. The molecule has 0 aliphatic heterocycles. The van der Waals surface area contributed by atoms with Gasteiger partial charge in [0, 0.05) is 12.1 Å². The molecule has 1 unspecified atom stereocenters. The van der Waals surface area contributed by atoms with Crippen LogP contribution in [-0.4, -0.2) is 26.7 Å². The smallest absolute Gasteiger partial charge is 0.241 e. The molecule has 1 aliphatic carbocycles. The molecular weight excluding hydrogens is 286 g/mol. The standard InChI is InChI=1S/C16H21NO3S/c1-12-6-7-15(13(9-12)5-4-8-18)21(19,20)17-11-14-10-16(14,2)3/h6-7,9,14,17-18H,8,10-11H2,1-3H3. The third kappa shape index (κ3) is 3.85. The first kappa shape index (κ1) is 16.0. The van der Waals surface area contributed by atoms with Crippen LogP contribution in [0.15, 0.2) is 23.1 Å². The van der Waals surface area contributed by atoms with Crippen LogP contribution in [0.5, 0.6) is 0 Å². The Morgan fingerprint density at radius 1 is 1.43 bits per heavy atom. The first-order chi connectivity index (χ1) is 9.76. The summed E-state index contributed by atoms with van der Waals surface area (Å²) in [6, 6.07) is 5.04. The SMILES string of the molecule is Cc1ccc(S(=O)(=O)NCC2CC2(C)C)c(C#CCO)c1. The van der Waals surface area contributed by atoms with Crippen molar-refractivity contribution in [1.29, 1.82) is 0 Å². The number of aliphatic hydroxyl groups is 1. The topological polar surface area (TPSA) is 66.4 Å². The van der Waals surface area contributed by atoms with Gasteiger partial charge in [0.05, 0.1) is 4.90 Å². The minimum absolute atomic E-state index is 0.174. The van der Waals surface area contributed by atoms with E-state index in [-0.39, 0.29) is 16.9 Å². The van der Waals surface area contributed by atoms with Gasteiger partial charge in [-0.2, -0.15) is 0 Å². The summed E-state index contributed by atoms with van der Waals surface area (Å²) in [5.41, 5.74) is 1.58. The van der Waals surface area contributed by atoms with Crippen LogP contribution in [0.25, 0.3) is 0 Å². The fourth-order valence-electron chi connectivity index (χ4n) is 2.32. The fourth-order valence-corrected chi connectivity index (χ4v) is 3.55. The molecule has 1 aromatic rings. The van der Waals surface area contributed by atoms with Crippen molar-refractivity contribution in [2.75, 3.05) is 13.2 Å². The van der Waals surface area contributed by atoms with Gasteiger partial charge in [-0.3, -0.25) is 0 Å². The Bertz CT molecular complexity index is 696. The molecule has 1 aliphatic rings. The second kappa shape index (κ2) is 5.80. The first-order valence-electron chi connectivity index (χ1n) is 6.96. The largest absolute Gasteiger partial charge is 0.384 e. The van der Waals surface area contributed by atoms with Crippen molar-refractivity contribution in [2.24, 2.45) is 11.3 Å². The second-order valence-electron chi connectivity index (χ2n) is 6.20. The van der Waals surface area contributed by atoms with Crippen molar-refractivity contribution in [3.05, 3.63) is 29.3 Å². The Hall–Kier alpha value is -1.35. The van der Waals surface area contributed by atoms with E-state index in [0.717, 1.165) is 12.0 Å². The minimum atomic E-state index is -3.58. The molecule has 0 saturated heterocycles. The van der Waals surface area contributed by atoms with Gasteiger partial charge in [0.2, 0.25) is 10.0 Å². The van der Waals surface area contributed by atoms with Gasteiger partial charge in [-0.1, -0.05) is 31.8 Å². The van der Waals surface area contributed by atoms with Crippen molar-refractivity contribution in [2.45, 2.75) is 32.1 Å². The lowest BCUT2D eigenvalue weighted by Crippen LogP contribution is -2.27. The van der Waals surface area contributed by atoms with Gasteiger partial charge in [0.1, 0.15) is 6.61 Å². The molecule has 0 aromatic heterocycles. The van der Waals surface area contributed by atoms with E-state index in [9.17, 15) is 8.42 Å². The van der Waals surface area contributed by atoms with Crippen molar-refractivity contribution >= 4 is 10.0 Å². The zero-order chi connectivity index (χ0) is 15.7. The Balaban J connectivity index is 2.23. The van der Waals surface area contributed by atoms with Crippen LogP contribution in [0.2, 0.25) is 0 Å². The Labute approximate surface area is 126 Å². The third-order valence-corrected chi connectivity index (χ3v) is 5.45. The Morgan fingerprint density at radius 3 is 2.67 bits per heavy atom. The van der Waals surface area contributed by atoms with Crippen LogP contribution in [0.4, 0.5) is 0 Å². The maximum absolute atomic E-state index is 12.4. The molecule has 0 bridgehead atoms. The highest BCUT2D eigenvalue weighted by Gasteiger charge is 2.45. The van der Waals surface area contributed by atoms with Gasteiger partial charge in [0.15, 0.2) is 0 Å². The van der Waals surface area contributed by atoms with E-state index in [0.29, 0.717) is 18.0 Å². The van der Waals surface area contributed by atoms with Crippen LogP contribution in [-0.2, 0) is 10.0 Å². The summed E-state index contributed by atoms with van der Waals surface area (Å²) >= 11 is 0. The summed E-state index contributed by atoms with van der Waals surface area (Å²) in [6.07, 6.45) is 1.04. The molecule has 1 saturated carbocycles. The highest BCUT2D eigenvalue weighted by molar-refractivity contribution is 7.89. The summed E-state index contributed by atoms with van der Waals surface area (Å²) in [4.78, 5) is 0.174. The Morgan fingerprint density at radius 2 is 2.10 bits per heavy atom. The van der Waals surface area contributed by atoms with E-state index >= 15 is 0 Å². The van der Waals surface area contributed by atoms with E-state index < -0.39 is 10.0 Å². The fraction of sp³-hybridized carbons (Fsp3) is 0.500. The summed E-state index contributed by atoms with van der Waals surface area (Å²) in [5.74, 6) is 5.61. The molecular formula is C16H21NO3S. The second-order valence-corrected chi connectivity index (χ2v) is 7.94. The van der Waals surface area contributed by atoms with Crippen LogP contribution in [0.3, 0.4) is 0 Å². The molecule has 1 aromatic carbocycles. The van der Waals surface area contributed by atoms with Gasteiger partial charge in [-0.25, -0.2) is 13.1 Å². The number of nitrogens with one attached hydrogen (secondary N) is 1. The first-order valence-corrected chi connectivity index (χ1v) is 8.44. The third-order valence-electron chi connectivity index (χ3n) is 3.96. The molecule has 2 N–H and O–H groups in total. The summed E-state index contributed by atoms with van der Waals surface area (Å²) in [7, 11) is -3.58. The van der Waals surface area contributed by atoms with Crippen LogP contribution < -0.4 is 4.72 Å². The maximum atomic E-state index is 12.4. The zero-order valence-electron chi connectivity index (χ0n) is 12.6. The Kier molecular flexibility index (Phi) is 4.43. The van der Waals surface area contributed by atoms with Gasteiger partial charge in [0.25, 0.3) is 0 Å². The summed E-state index contributed by atoms with van der Waals surface area (Å²) < 4.78 is 27.5. The predicted octanol–water partition coefficient (Wildman–Crippen LogP) is 1.66. The lowest BCUT2D eigenvalue weighted by Gasteiger charge is -2.10. The number of hydrogen-bond acceptors (Lipinski definition) is 3. The predicted molar refractivity (Wildman–Crippen MR) is 82.2 cm³/mol. The molecule has 21 heavy (non-hydrogen) atoms. The van der Waals surface area contributed by atoms with Crippen LogP contribution in [0.1, 0.15) is 31.4 Å². The molecule has 0 amide bonds. The van der Waals surface area contributed by atoms with Crippen molar-refractivity contribution in [3.8, 4) is 11.8 Å². The molecule has 114 valence electrons. The molecule has 1 fully saturated rings. The number of hydrogen-bond donors (Lipinski definition) is 2. The van der Waals surface area contributed by atoms with Crippen LogP contribution in [0, 0.1) is 30.1 Å². The number of rotatable bonds is 4. The average molecular weight is 307 g/mol. The highest BCUT2D eigenvalue weighted by atomic mass is 32.2. The molecule has 0 heterocycles. The lowest BCUT2D eigenvalue weighted by molar-refractivity contribution is 0.350. The van der Waals surface area contributed by atoms with Crippen molar-refractivity contribution in [1.82, 2.24) is 4.72 Å². The lowest BCUT2D eigenvalue weighted by atomic mass is 10.1. The van der Waals surface area contributed by atoms with E-state index in [1.54, 1.807) is 18.2 Å². The number of aliphatic hydroxyl groups excluding tert-OH is 1. The molecule has 0 spiro atoms. The molecule has 2 rings (SSSR count). The molecule has 5 heteroatoms. The highest BCUT2D eigenvalue weighted by Crippen LogP contribution is 2.51. The number of aryl methyl sites for hydroxylation is 1. The van der Waals surface area contributed by atoms with E-state index in [1.807, 2.05) is 6.92 Å². The van der Waals surface area contributed by atoms with Gasteiger partial charge < -0.3 is 5.11 Å². The van der Waals surface area contributed by atoms with Crippen molar-refractivity contribution < 1.29 is 13.5 Å². The van der Waals surface area contributed by atoms with Gasteiger partial charge in [-0.15, -0.1) is 0 Å². The van der Waals surface area contributed by atoms with E-state index in [2.05, 4.69) is 30.4 Å².